The van der Waals surface area contributed by atoms with E-state index in [0.717, 1.165) is 5.56 Å². The molecule has 0 atom stereocenters. The third kappa shape index (κ3) is 4.68. The monoisotopic (exact) mass is 383 g/mol. The number of hydrogen-bond donors (Lipinski definition) is 2. The Kier molecular flexibility index (Phi) is 5.78. The van der Waals surface area contributed by atoms with Gasteiger partial charge in [0.15, 0.2) is 0 Å². The first-order chi connectivity index (χ1) is 13.0. The van der Waals surface area contributed by atoms with E-state index in [0.29, 0.717) is 17.8 Å². The summed E-state index contributed by atoms with van der Waals surface area (Å²) in [7, 11) is 0. The molecule has 3 aromatic rings. The van der Waals surface area contributed by atoms with Crippen LogP contribution in [0.3, 0.4) is 0 Å². The summed E-state index contributed by atoms with van der Waals surface area (Å²) in [5.41, 5.74) is 1.60. The molecule has 0 aliphatic rings. The lowest BCUT2D eigenvalue weighted by Crippen LogP contribution is -2.22. The number of aromatic nitrogens is 1. The number of benzene rings is 2. The van der Waals surface area contributed by atoms with Crippen molar-refractivity contribution >= 4 is 29.1 Å². The molecule has 0 spiro atoms. The third-order valence-corrected chi connectivity index (χ3v) is 4.09. The zero-order valence-electron chi connectivity index (χ0n) is 14.1. The number of hydrogen-bond acceptors (Lipinski definition) is 3. The average molecular weight is 384 g/mol. The van der Waals surface area contributed by atoms with Gasteiger partial charge in [-0.1, -0.05) is 29.8 Å². The van der Waals surface area contributed by atoms with E-state index < -0.39 is 11.7 Å². The predicted molar refractivity (Wildman–Crippen MR) is 101 cm³/mol. The van der Waals surface area contributed by atoms with Crippen molar-refractivity contribution in [2.45, 2.75) is 6.54 Å². The summed E-state index contributed by atoms with van der Waals surface area (Å²) in [6.45, 7) is 0.321. The van der Waals surface area contributed by atoms with Gasteiger partial charge in [-0.25, -0.2) is 4.39 Å². The Balaban J connectivity index is 1.60. The maximum absolute atomic E-state index is 13.8. The van der Waals surface area contributed by atoms with Crippen LogP contribution < -0.4 is 10.6 Å². The van der Waals surface area contributed by atoms with Gasteiger partial charge < -0.3 is 10.6 Å². The van der Waals surface area contributed by atoms with E-state index in [-0.39, 0.29) is 16.5 Å². The highest BCUT2D eigenvalue weighted by molar-refractivity contribution is 6.34. The van der Waals surface area contributed by atoms with Gasteiger partial charge in [-0.3, -0.25) is 14.6 Å². The summed E-state index contributed by atoms with van der Waals surface area (Å²) in [6, 6.07) is 14.3. The molecule has 1 heterocycles. The molecular weight excluding hydrogens is 369 g/mol. The third-order valence-electron chi connectivity index (χ3n) is 3.78. The largest absolute Gasteiger partial charge is 0.348 e. The lowest BCUT2D eigenvalue weighted by Gasteiger charge is -2.09. The number of amides is 2. The Hall–Kier alpha value is -3.25. The fourth-order valence-electron chi connectivity index (χ4n) is 2.40. The summed E-state index contributed by atoms with van der Waals surface area (Å²) in [5.74, 6) is -1.54. The molecule has 0 saturated heterocycles. The van der Waals surface area contributed by atoms with E-state index in [1.807, 2.05) is 0 Å². The first-order valence-electron chi connectivity index (χ1n) is 8.07. The number of nitrogens with zero attached hydrogens (tertiary/aromatic N) is 1. The van der Waals surface area contributed by atoms with Crippen molar-refractivity contribution in [1.82, 2.24) is 10.3 Å². The van der Waals surface area contributed by atoms with Gasteiger partial charge in [0.1, 0.15) is 5.82 Å². The van der Waals surface area contributed by atoms with Gasteiger partial charge in [-0.2, -0.15) is 0 Å². The standard InChI is InChI=1S/C20H15ClFN3O2/c21-16-4-1-5-17(22)18(16)20(27)25-15-8-6-13(7-9-15)11-24-19(26)14-3-2-10-23-12-14/h1-10,12H,11H2,(H,24,26)(H,25,27). The van der Waals surface area contributed by atoms with Crippen LogP contribution in [0.2, 0.25) is 5.02 Å². The second-order valence-corrected chi connectivity index (χ2v) is 6.08. The summed E-state index contributed by atoms with van der Waals surface area (Å²) in [6.07, 6.45) is 3.08. The minimum absolute atomic E-state index is 0.0437. The first kappa shape index (κ1) is 18.5. The smallest absolute Gasteiger partial charge is 0.260 e. The summed E-state index contributed by atoms with van der Waals surface area (Å²) < 4.78 is 13.8. The van der Waals surface area contributed by atoms with Crippen LogP contribution in [-0.2, 0) is 6.54 Å². The van der Waals surface area contributed by atoms with Crippen molar-refractivity contribution < 1.29 is 14.0 Å². The second-order valence-electron chi connectivity index (χ2n) is 5.67. The Labute approximate surface area is 160 Å². The van der Waals surface area contributed by atoms with Gasteiger partial charge in [0.2, 0.25) is 0 Å². The van der Waals surface area contributed by atoms with E-state index in [4.69, 9.17) is 11.6 Å². The van der Waals surface area contributed by atoms with Crippen molar-refractivity contribution in [2.24, 2.45) is 0 Å². The summed E-state index contributed by atoms with van der Waals surface area (Å²) in [4.78, 5) is 28.1. The molecule has 0 radical (unpaired) electrons. The maximum Gasteiger partial charge on any atom is 0.260 e. The molecule has 2 N–H and O–H groups in total. The van der Waals surface area contributed by atoms with Gasteiger partial charge in [-0.05, 0) is 42.0 Å². The van der Waals surface area contributed by atoms with Gasteiger partial charge in [0, 0.05) is 24.6 Å². The van der Waals surface area contributed by atoms with Crippen LogP contribution in [0.5, 0.6) is 0 Å². The molecule has 0 bridgehead atoms. The highest BCUT2D eigenvalue weighted by Crippen LogP contribution is 2.20. The fraction of sp³-hybridized carbons (Fsp3) is 0.0500. The van der Waals surface area contributed by atoms with Crippen molar-refractivity contribution in [1.29, 1.82) is 0 Å². The Morgan fingerprint density at radius 2 is 1.78 bits per heavy atom. The SMILES string of the molecule is O=C(NCc1ccc(NC(=O)c2c(F)cccc2Cl)cc1)c1cccnc1. The van der Waals surface area contributed by atoms with E-state index in [1.165, 1.54) is 24.4 Å². The van der Waals surface area contributed by atoms with Crippen LogP contribution in [0, 0.1) is 5.82 Å². The van der Waals surface area contributed by atoms with Crippen LogP contribution in [0.25, 0.3) is 0 Å². The molecule has 5 nitrogen and oxygen atoms in total. The molecule has 3 rings (SSSR count). The number of carbonyl (C=O) groups excluding carboxylic acids is 2. The molecule has 2 amide bonds. The van der Waals surface area contributed by atoms with E-state index in [2.05, 4.69) is 15.6 Å². The van der Waals surface area contributed by atoms with E-state index >= 15 is 0 Å². The fourth-order valence-corrected chi connectivity index (χ4v) is 2.64. The van der Waals surface area contributed by atoms with Gasteiger partial charge in [0.05, 0.1) is 16.1 Å². The van der Waals surface area contributed by atoms with Gasteiger partial charge in [-0.15, -0.1) is 0 Å². The number of nitrogens with one attached hydrogen (secondary N) is 2. The molecule has 136 valence electrons. The van der Waals surface area contributed by atoms with Crippen LogP contribution in [0.4, 0.5) is 10.1 Å². The van der Waals surface area contributed by atoms with E-state index in [1.54, 1.807) is 42.6 Å². The minimum atomic E-state index is -0.685. The van der Waals surface area contributed by atoms with Crippen LogP contribution in [-0.4, -0.2) is 16.8 Å². The molecule has 0 aliphatic carbocycles. The van der Waals surface area contributed by atoms with Crippen LogP contribution in [0.15, 0.2) is 67.0 Å². The van der Waals surface area contributed by atoms with Crippen LogP contribution in [0.1, 0.15) is 26.3 Å². The molecule has 0 fully saturated rings. The second kappa shape index (κ2) is 8.42. The minimum Gasteiger partial charge on any atom is -0.348 e. The Bertz CT molecular complexity index is 942. The average Bonchev–Trinajstić information content (AvgIpc) is 2.68. The number of rotatable bonds is 5. The predicted octanol–water partition coefficient (Wildman–Crippen LogP) is 4.06. The maximum atomic E-state index is 13.8. The molecule has 0 aliphatic heterocycles. The van der Waals surface area contributed by atoms with Crippen LogP contribution >= 0.6 is 11.6 Å². The van der Waals surface area contributed by atoms with E-state index in [9.17, 15) is 14.0 Å². The number of pyridine rings is 1. The van der Waals surface area contributed by atoms with Gasteiger partial charge in [0.25, 0.3) is 11.8 Å². The molecule has 7 heteroatoms. The van der Waals surface area contributed by atoms with Gasteiger partial charge >= 0.3 is 0 Å². The number of carbonyl (C=O) groups is 2. The molecule has 0 saturated carbocycles. The van der Waals surface area contributed by atoms with Crippen molar-refractivity contribution in [2.75, 3.05) is 5.32 Å². The first-order valence-corrected chi connectivity index (χ1v) is 8.45. The number of halogens is 2. The molecule has 1 aromatic heterocycles. The topological polar surface area (TPSA) is 71.1 Å². The normalized spacial score (nSPS) is 10.3. The number of anilines is 1. The lowest BCUT2D eigenvalue weighted by molar-refractivity contribution is 0.0949. The quantitative estimate of drug-likeness (QED) is 0.698. The van der Waals surface area contributed by atoms with Crippen molar-refractivity contribution in [3.63, 3.8) is 0 Å². The molecule has 27 heavy (non-hydrogen) atoms. The highest BCUT2D eigenvalue weighted by atomic mass is 35.5. The summed E-state index contributed by atoms with van der Waals surface area (Å²) in [5, 5.41) is 5.43. The molecular formula is C20H15ClFN3O2. The lowest BCUT2D eigenvalue weighted by atomic mass is 10.1. The molecule has 2 aromatic carbocycles. The van der Waals surface area contributed by atoms with Crippen molar-refractivity contribution in [3.8, 4) is 0 Å². The molecule has 0 unspecified atom stereocenters. The van der Waals surface area contributed by atoms with Crippen molar-refractivity contribution in [3.05, 3.63) is 94.5 Å². The zero-order chi connectivity index (χ0) is 19.2. The summed E-state index contributed by atoms with van der Waals surface area (Å²) >= 11 is 5.89. The Morgan fingerprint density at radius 1 is 1.00 bits per heavy atom. The zero-order valence-corrected chi connectivity index (χ0v) is 14.8. The highest BCUT2D eigenvalue weighted by Gasteiger charge is 2.15. The Morgan fingerprint density at radius 3 is 2.44 bits per heavy atom.